The monoisotopic (exact) mass is 747 g/mol. The Bertz CT molecular complexity index is 1650. The van der Waals surface area contributed by atoms with E-state index in [9.17, 15) is 10.2 Å². The number of hydrogen-bond donors (Lipinski definition) is 2. The van der Waals surface area contributed by atoms with E-state index in [0.29, 0.717) is 40.1 Å². The first-order chi connectivity index (χ1) is 23.1. The van der Waals surface area contributed by atoms with Crippen molar-refractivity contribution < 1.29 is 51.5 Å². The zero-order valence-corrected chi connectivity index (χ0v) is 33.5. The molecular weight excluding hydrogens is 691 g/mol. The van der Waals surface area contributed by atoms with Crippen molar-refractivity contribution in [3.63, 3.8) is 0 Å². The number of hydrogen-bond acceptors (Lipinski definition) is 9. The van der Waals surface area contributed by atoms with Gasteiger partial charge < -0.3 is 34.8 Å². The molecule has 0 fully saturated rings. The molecule has 2 N–H and O–H groups in total. The summed E-state index contributed by atoms with van der Waals surface area (Å²) in [6.45, 7) is 23.3. The number of benzene rings is 3. The molecule has 9 nitrogen and oxygen atoms in total. The zero-order valence-electron chi connectivity index (χ0n) is 32.4. The molecule has 10 heteroatoms. The predicted molar refractivity (Wildman–Crippen MR) is 200 cm³/mol. The van der Waals surface area contributed by atoms with E-state index in [4.69, 9.17) is 34.5 Å². The quantitative estimate of drug-likeness (QED) is 0.212. The van der Waals surface area contributed by atoms with Gasteiger partial charge in [-0.1, -0.05) is 81.4 Å². The molecule has 0 aliphatic carbocycles. The summed E-state index contributed by atoms with van der Waals surface area (Å²) in [5.41, 5.74) is 6.30. The topological polar surface area (TPSA) is 155 Å². The van der Waals surface area contributed by atoms with Gasteiger partial charge in [0.25, 0.3) is 0 Å². The van der Waals surface area contributed by atoms with Gasteiger partial charge in [-0.05, 0) is 84.7 Å². The largest absolute Gasteiger partial charge is 2.00 e. The van der Waals surface area contributed by atoms with Crippen molar-refractivity contribution in [3.8, 4) is 17.2 Å². The van der Waals surface area contributed by atoms with Crippen LogP contribution in [0.4, 0.5) is 11.4 Å². The normalized spacial score (nSPS) is 12.6. The molecule has 0 aliphatic heterocycles. The van der Waals surface area contributed by atoms with Gasteiger partial charge in [-0.2, -0.15) is 0 Å². The first kappa shape index (κ1) is 46.8. The number of carboxylic acids is 2. The fourth-order valence-corrected chi connectivity index (χ4v) is 4.86. The zero-order chi connectivity index (χ0) is 38.6. The molecule has 281 valence electrons. The molecular formula is C41H56CoN2O7. The molecule has 2 unspecified atom stereocenters. The van der Waals surface area contributed by atoms with Crippen molar-refractivity contribution in [2.45, 2.75) is 119 Å². The van der Waals surface area contributed by atoms with E-state index < -0.39 is 11.9 Å². The molecule has 1 radical (unpaired) electrons. The maximum Gasteiger partial charge on any atom is 2.00 e. The minimum absolute atomic E-state index is 0. The van der Waals surface area contributed by atoms with E-state index >= 15 is 0 Å². The van der Waals surface area contributed by atoms with Crippen LogP contribution in [0.15, 0.2) is 52.4 Å². The van der Waals surface area contributed by atoms with Crippen LogP contribution in [0.3, 0.4) is 0 Å². The number of ether oxygens (including phenoxy) is 1. The third-order valence-corrected chi connectivity index (χ3v) is 8.17. The van der Waals surface area contributed by atoms with Gasteiger partial charge in [0.15, 0.2) is 0 Å². The van der Waals surface area contributed by atoms with Crippen LogP contribution in [0.1, 0.15) is 141 Å². The van der Waals surface area contributed by atoms with Gasteiger partial charge in [0.1, 0.15) is 17.2 Å². The summed E-state index contributed by atoms with van der Waals surface area (Å²) >= 11 is 0. The number of carbonyl (C=O) groups is 2. The van der Waals surface area contributed by atoms with Crippen LogP contribution in [-0.2, 0) is 37.2 Å². The van der Waals surface area contributed by atoms with Gasteiger partial charge in [0.2, 0.25) is 0 Å². The maximum absolute atomic E-state index is 11.2. The summed E-state index contributed by atoms with van der Waals surface area (Å²) < 4.78 is 5.49. The summed E-state index contributed by atoms with van der Waals surface area (Å²) in [7, 11) is 1.62. The van der Waals surface area contributed by atoms with E-state index in [1.807, 2.05) is 30.3 Å². The molecule has 0 saturated heterocycles. The molecule has 51 heavy (non-hydrogen) atoms. The van der Waals surface area contributed by atoms with E-state index in [2.05, 4.69) is 81.4 Å². The van der Waals surface area contributed by atoms with Crippen molar-refractivity contribution in [2.24, 2.45) is 9.98 Å². The molecule has 0 amide bonds. The Hall–Kier alpha value is -4.15. The van der Waals surface area contributed by atoms with Crippen LogP contribution < -0.4 is 14.9 Å². The Morgan fingerprint density at radius 3 is 1.39 bits per heavy atom. The number of phenolic OH excluding ortho intramolecular Hbond substituents is 2. The summed E-state index contributed by atoms with van der Waals surface area (Å²) in [6.07, 6.45) is 5.44. The van der Waals surface area contributed by atoms with E-state index in [1.165, 1.54) is 11.1 Å². The Morgan fingerprint density at radius 2 is 1.08 bits per heavy atom. The minimum atomic E-state index is -1.08. The Morgan fingerprint density at radius 1 is 0.725 bits per heavy atom. The smallest absolute Gasteiger partial charge is 0.550 e. The van der Waals surface area contributed by atoms with E-state index in [0.717, 1.165) is 37.8 Å². The molecule has 0 aliphatic rings. The van der Waals surface area contributed by atoms with E-state index in [-0.39, 0.29) is 39.1 Å². The van der Waals surface area contributed by atoms with E-state index in [1.54, 1.807) is 19.5 Å². The number of rotatable bonds is 9. The second kappa shape index (κ2) is 20.6. The summed E-state index contributed by atoms with van der Waals surface area (Å²) in [5.74, 6) is -0.304. The third-order valence-electron chi connectivity index (χ3n) is 8.17. The van der Waals surface area contributed by atoms with Crippen LogP contribution in [0.5, 0.6) is 17.2 Å². The summed E-state index contributed by atoms with van der Waals surface area (Å²) in [6, 6.07) is 13.8. The molecule has 0 bridgehead atoms. The van der Waals surface area contributed by atoms with Gasteiger partial charge >= 0.3 is 16.8 Å². The molecule has 3 rings (SSSR count). The van der Waals surface area contributed by atoms with Gasteiger partial charge in [0, 0.05) is 52.7 Å². The second-order valence-electron chi connectivity index (χ2n) is 14.5. The number of nitrogens with zero attached hydrogens (tertiary/aromatic N) is 2. The van der Waals surface area contributed by atoms with Gasteiger partial charge in [-0.3, -0.25) is 9.98 Å². The number of carboxylic acid groups (broad SMARTS) is 2. The first-order valence-electron chi connectivity index (χ1n) is 16.9. The average Bonchev–Trinajstić information content (AvgIpc) is 3.01. The van der Waals surface area contributed by atoms with Crippen LogP contribution in [0, 0.1) is 0 Å². The first-order valence-corrected chi connectivity index (χ1v) is 16.9. The van der Waals surface area contributed by atoms with Crippen LogP contribution in [0.2, 0.25) is 0 Å². The Kier molecular flexibility index (Phi) is 19.0. The number of phenols is 2. The minimum Gasteiger partial charge on any atom is -0.550 e. The Labute approximate surface area is 315 Å². The fraction of sp³-hybridized carbons (Fsp3) is 0.463. The molecule has 0 saturated carbocycles. The molecule has 2 atom stereocenters. The summed E-state index contributed by atoms with van der Waals surface area (Å²) in [5, 5.41) is 40.3. The van der Waals surface area contributed by atoms with Gasteiger partial charge in [-0.25, -0.2) is 0 Å². The molecule has 0 spiro atoms. The van der Waals surface area contributed by atoms with Gasteiger partial charge in [-0.15, -0.1) is 0 Å². The van der Waals surface area contributed by atoms with Crippen LogP contribution >= 0.6 is 0 Å². The number of aliphatic carboxylic acids is 2. The third kappa shape index (κ3) is 14.9. The maximum atomic E-state index is 11.2. The second-order valence-corrected chi connectivity index (χ2v) is 14.5. The SMILES string of the molecule is CC(=O)[O-].CC(=O)[O-].CCC(C)c1cc(C=Nc2ccc(OC)cc2N=Cc2cc(C(C)CC)cc(C(C)(C)C)c2O)c(O)c(C(C)(C)C)c1.[Co+2]. The number of methoxy groups -OCH3 is 1. The van der Waals surface area contributed by atoms with Crippen molar-refractivity contribution in [2.75, 3.05) is 7.11 Å². The van der Waals surface area contributed by atoms with Crippen LogP contribution in [0.25, 0.3) is 0 Å². The number of aromatic hydroxyl groups is 2. The molecule has 0 heterocycles. The molecule has 3 aromatic rings. The molecule has 0 aromatic heterocycles. The van der Waals surface area contributed by atoms with Crippen molar-refractivity contribution >= 4 is 35.7 Å². The van der Waals surface area contributed by atoms with Crippen LogP contribution in [-0.4, -0.2) is 41.7 Å². The van der Waals surface area contributed by atoms with Crippen molar-refractivity contribution in [1.29, 1.82) is 0 Å². The standard InChI is InChI=1S/C37H50N2O3.2C2H4O2.Co/c1-12-23(3)25-16-27(34(40)30(18-25)36(5,6)7)21-38-32-15-14-29(42-11)20-33(32)39-22-28-17-26(24(4)13-2)19-31(35(28)41)37(8,9)10;2*1-2(3)4;/h14-24,40-41H,12-13H2,1-11H3;2*1H3,(H,3,4);/q;;;+2/p-2. The number of aliphatic imine (C=N–C) groups is 2. The molecule has 3 aromatic carbocycles. The number of carbonyl (C=O) groups excluding carboxylic acids is 2. The fourth-order valence-electron chi connectivity index (χ4n) is 4.86. The predicted octanol–water partition coefficient (Wildman–Crippen LogP) is 7.74. The van der Waals surface area contributed by atoms with Gasteiger partial charge in [0.05, 0.1) is 18.5 Å². The van der Waals surface area contributed by atoms with Crippen molar-refractivity contribution in [3.05, 3.63) is 75.8 Å². The summed E-state index contributed by atoms with van der Waals surface area (Å²) in [4.78, 5) is 27.4. The Balaban J connectivity index is 0.00000251. The average molecular weight is 748 g/mol. The van der Waals surface area contributed by atoms with Crippen molar-refractivity contribution in [1.82, 2.24) is 0 Å².